The van der Waals surface area contributed by atoms with Crippen molar-refractivity contribution in [1.29, 1.82) is 0 Å². The number of benzene rings is 2. The molecule has 0 spiro atoms. The van der Waals surface area contributed by atoms with Gasteiger partial charge in [0.25, 0.3) is 5.91 Å². The largest absolute Gasteiger partial charge is 0.493 e. The van der Waals surface area contributed by atoms with Crippen LogP contribution >= 0.6 is 24.0 Å². The van der Waals surface area contributed by atoms with E-state index in [2.05, 4.69) is 5.32 Å². The van der Waals surface area contributed by atoms with Crippen molar-refractivity contribution in [3.8, 4) is 11.5 Å². The molecule has 0 saturated carbocycles. The number of carbonyl (C=O) groups is 2. The van der Waals surface area contributed by atoms with E-state index in [4.69, 9.17) is 21.7 Å². The lowest BCUT2D eigenvalue weighted by atomic mass is 10.1. The van der Waals surface area contributed by atoms with Crippen LogP contribution in [0.3, 0.4) is 0 Å². The van der Waals surface area contributed by atoms with E-state index in [1.165, 1.54) is 16.7 Å². The number of rotatable bonds is 8. The normalized spacial score (nSPS) is 14.9. The Morgan fingerprint density at radius 1 is 1.13 bits per heavy atom. The van der Waals surface area contributed by atoms with Gasteiger partial charge < -0.3 is 14.8 Å². The number of thioether (sulfide) groups is 1. The molecule has 1 aliphatic heterocycles. The molecule has 30 heavy (non-hydrogen) atoms. The van der Waals surface area contributed by atoms with Crippen molar-refractivity contribution in [2.75, 3.05) is 27.3 Å². The van der Waals surface area contributed by atoms with Gasteiger partial charge in [0.05, 0.1) is 19.1 Å². The fraction of sp³-hybridized carbons (Fsp3) is 0.227. The third kappa shape index (κ3) is 5.40. The first-order valence-corrected chi connectivity index (χ1v) is 10.5. The lowest BCUT2D eigenvalue weighted by Gasteiger charge is -2.14. The second kappa shape index (κ2) is 10.3. The fourth-order valence-corrected chi connectivity index (χ4v) is 4.18. The summed E-state index contributed by atoms with van der Waals surface area (Å²) in [5.41, 5.74) is 1.92. The molecule has 8 heteroatoms. The molecule has 0 atom stereocenters. The van der Waals surface area contributed by atoms with Crippen LogP contribution in [0.5, 0.6) is 11.5 Å². The molecule has 3 rings (SSSR count). The van der Waals surface area contributed by atoms with Crippen molar-refractivity contribution < 1.29 is 19.1 Å². The van der Waals surface area contributed by atoms with E-state index in [0.29, 0.717) is 27.3 Å². The first-order valence-electron chi connectivity index (χ1n) is 9.30. The first-order chi connectivity index (χ1) is 14.5. The Hall–Kier alpha value is -2.84. The maximum Gasteiger partial charge on any atom is 0.266 e. The summed E-state index contributed by atoms with van der Waals surface area (Å²) < 4.78 is 10.9. The minimum atomic E-state index is -0.280. The second-order valence-electron chi connectivity index (χ2n) is 6.47. The van der Waals surface area contributed by atoms with E-state index in [-0.39, 0.29) is 18.4 Å². The van der Waals surface area contributed by atoms with Crippen molar-refractivity contribution in [1.82, 2.24) is 10.2 Å². The molecule has 2 amide bonds. The number of ether oxygens (including phenoxy) is 2. The average Bonchev–Trinajstić information content (AvgIpc) is 3.01. The van der Waals surface area contributed by atoms with Gasteiger partial charge in [0, 0.05) is 6.54 Å². The van der Waals surface area contributed by atoms with Gasteiger partial charge in [0.2, 0.25) is 5.91 Å². The predicted octanol–water partition coefficient (Wildman–Crippen LogP) is 3.26. The molecule has 1 aliphatic rings. The molecule has 1 heterocycles. The van der Waals surface area contributed by atoms with Crippen LogP contribution in [0.1, 0.15) is 11.1 Å². The van der Waals surface area contributed by atoms with Gasteiger partial charge in [-0.05, 0) is 35.8 Å². The lowest BCUT2D eigenvalue weighted by molar-refractivity contribution is -0.128. The van der Waals surface area contributed by atoms with Crippen LogP contribution in [0.4, 0.5) is 0 Å². The lowest BCUT2D eigenvalue weighted by Crippen LogP contribution is -2.40. The number of methoxy groups -OCH3 is 2. The Balaban J connectivity index is 1.60. The standard InChI is InChI=1S/C22H22N2O4S2/c1-27-17-9-8-16(12-18(17)28-2)13-19-21(26)24(22(29)30-19)14-20(25)23-11-10-15-6-4-3-5-7-15/h3-9,12-13H,10-11,14H2,1-2H3,(H,23,25)/b19-13+. The molecule has 0 bridgehead atoms. The molecule has 0 aliphatic carbocycles. The summed E-state index contributed by atoms with van der Waals surface area (Å²) in [6.07, 6.45) is 2.46. The number of thiocarbonyl (C=S) groups is 1. The average molecular weight is 443 g/mol. The Morgan fingerprint density at radius 3 is 2.57 bits per heavy atom. The zero-order chi connectivity index (χ0) is 21.5. The SMILES string of the molecule is COc1ccc(/C=C2/SC(=S)N(CC(=O)NCCc3ccccc3)C2=O)cc1OC. The molecule has 2 aromatic carbocycles. The second-order valence-corrected chi connectivity index (χ2v) is 8.14. The maximum absolute atomic E-state index is 12.7. The highest BCUT2D eigenvalue weighted by Crippen LogP contribution is 2.34. The minimum absolute atomic E-state index is 0.0945. The van der Waals surface area contributed by atoms with Gasteiger partial charge in [-0.2, -0.15) is 0 Å². The van der Waals surface area contributed by atoms with Crippen LogP contribution in [0.25, 0.3) is 6.08 Å². The number of nitrogens with zero attached hydrogens (tertiary/aromatic N) is 1. The quantitative estimate of drug-likeness (QED) is 0.500. The summed E-state index contributed by atoms with van der Waals surface area (Å²) in [5.74, 6) is 0.654. The van der Waals surface area contributed by atoms with Gasteiger partial charge in [-0.1, -0.05) is 60.4 Å². The van der Waals surface area contributed by atoms with Gasteiger partial charge >= 0.3 is 0 Å². The van der Waals surface area contributed by atoms with Crippen molar-refractivity contribution in [3.63, 3.8) is 0 Å². The maximum atomic E-state index is 12.7. The number of carbonyl (C=O) groups excluding carboxylic acids is 2. The summed E-state index contributed by atoms with van der Waals surface area (Å²) in [4.78, 5) is 26.8. The number of hydrogen-bond acceptors (Lipinski definition) is 6. The van der Waals surface area contributed by atoms with Crippen LogP contribution in [0.15, 0.2) is 53.4 Å². The third-order valence-electron chi connectivity index (χ3n) is 4.46. The molecule has 2 aromatic rings. The Kier molecular flexibility index (Phi) is 7.48. The molecule has 1 N–H and O–H groups in total. The number of amides is 2. The highest BCUT2D eigenvalue weighted by Gasteiger charge is 2.33. The Bertz CT molecular complexity index is 976. The smallest absolute Gasteiger partial charge is 0.266 e. The van der Waals surface area contributed by atoms with E-state index in [0.717, 1.165) is 17.5 Å². The highest BCUT2D eigenvalue weighted by atomic mass is 32.2. The Morgan fingerprint density at radius 2 is 1.87 bits per heavy atom. The molecule has 6 nitrogen and oxygen atoms in total. The van der Waals surface area contributed by atoms with Crippen molar-refractivity contribution >= 4 is 46.2 Å². The van der Waals surface area contributed by atoms with Gasteiger partial charge in [-0.3, -0.25) is 14.5 Å². The summed E-state index contributed by atoms with van der Waals surface area (Å²) >= 11 is 6.49. The van der Waals surface area contributed by atoms with E-state index in [9.17, 15) is 9.59 Å². The summed E-state index contributed by atoms with van der Waals surface area (Å²) in [6.45, 7) is 0.405. The minimum Gasteiger partial charge on any atom is -0.493 e. The van der Waals surface area contributed by atoms with Crippen molar-refractivity contribution in [3.05, 3.63) is 64.6 Å². The zero-order valence-corrected chi connectivity index (χ0v) is 18.3. The van der Waals surface area contributed by atoms with Crippen molar-refractivity contribution in [2.45, 2.75) is 6.42 Å². The predicted molar refractivity (Wildman–Crippen MR) is 123 cm³/mol. The van der Waals surface area contributed by atoms with Crippen LogP contribution in [-0.4, -0.2) is 48.3 Å². The summed E-state index contributed by atoms with van der Waals surface area (Å²) in [6, 6.07) is 15.3. The van der Waals surface area contributed by atoms with Gasteiger partial charge in [0.15, 0.2) is 11.5 Å². The van der Waals surface area contributed by atoms with E-state index >= 15 is 0 Å². The molecule has 1 saturated heterocycles. The van der Waals surface area contributed by atoms with E-state index in [1.807, 2.05) is 36.4 Å². The molecule has 156 valence electrons. The molecule has 0 aromatic heterocycles. The number of nitrogens with one attached hydrogen (secondary N) is 1. The van der Waals surface area contributed by atoms with Gasteiger partial charge in [0.1, 0.15) is 10.9 Å². The van der Waals surface area contributed by atoms with Crippen LogP contribution in [0, 0.1) is 0 Å². The molecule has 0 radical (unpaired) electrons. The molecule has 1 fully saturated rings. The number of hydrogen-bond donors (Lipinski definition) is 1. The van der Waals surface area contributed by atoms with E-state index < -0.39 is 0 Å². The topological polar surface area (TPSA) is 67.9 Å². The summed E-state index contributed by atoms with van der Waals surface area (Å²) in [7, 11) is 3.12. The van der Waals surface area contributed by atoms with Crippen LogP contribution in [0.2, 0.25) is 0 Å². The van der Waals surface area contributed by atoms with Crippen molar-refractivity contribution in [2.24, 2.45) is 0 Å². The van der Waals surface area contributed by atoms with Crippen LogP contribution < -0.4 is 14.8 Å². The highest BCUT2D eigenvalue weighted by molar-refractivity contribution is 8.26. The molecular weight excluding hydrogens is 420 g/mol. The van der Waals surface area contributed by atoms with Gasteiger partial charge in [-0.25, -0.2) is 0 Å². The molecular formula is C22H22N2O4S2. The summed E-state index contributed by atoms with van der Waals surface area (Å²) in [5, 5.41) is 2.84. The first kappa shape index (κ1) is 21.9. The molecule has 0 unspecified atom stereocenters. The Labute approximate surface area is 185 Å². The fourth-order valence-electron chi connectivity index (χ4n) is 2.92. The van der Waals surface area contributed by atoms with E-state index in [1.54, 1.807) is 32.4 Å². The van der Waals surface area contributed by atoms with Crippen LogP contribution in [-0.2, 0) is 16.0 Å². The monoisotopic (exact) mass is 442 g/mol. The third-order valence-corrected chi connectivity index (χ3v) is 5.84. The zero-order valence-electron chi connectivity index (χ0n) is 16.7. The van der Waals surface area contributed by atoms with Gasteiger partial charge in [-0.15, -0.1) is 0 Å².